The van der Waals surface area contributed by atoms with Crippen LogP contribution in [0, 0.1) is 0 Å². The van der Waals surface area contributed by atoms with Gasteiger partial charge in [0, 0.05) is 23.8 Å². The summed E-state index contributed by atoms with van der Waals surface area (Å²) >= 11 is 0. The minimum atomic E-state index is 0.805. The lowest BCUT2D eigenvalue weighted by Crippen LogP contribution is -1.95. The molecule has 2 rings (SSSR count). The SMILES string of the molecule is CCCn1cc2c(N)cccc2n1. The van der Waals surface area contributed by atoms with Crippen LogP contribution in [0.3, 0.4) is 0 Å². The first-order valence-corrected chi connectivity index (χ1v) is 4.53. The molecule has 0 saturated heterocycles. The van der Waals surface area contributed by atoms with Crippen LogP contribution in [0.1, 0.15) is 13.3 Å². The fourth-order valence-electron chi connectivity index (χ4n) is 1.46. The molecule has 0 bridgehead atoms. The Balaban J connectivity index is 2.55. The Hall–Kier alpha value is -1.51. The maximum atomic E-state index is 5.81. The molecule has 0 amide bonds. The highest BCUT2D eigenvalue weighted by Gasteiger charge is 2.01. The van der Waals surface area contributed by atoms with Gasteiger partial charge in [-0.15, -0.1) is 0 Å². The molecule has 1 aromatic carbocycles. The van der Waals surface area contributed by atoms with Crippen LogP contribution < -0.4 is 5.73 Å². The number of nitrogens with zero attached hydrogens (tertiary/aromatic N) is 2. The Morgan fingerprint density at radius 1 is 1.46 bits per heavy atom. The highest BCUT2D eigenvalue weighted by atomic mass is 15.3. The van der Waals surface area contributed by atoms with Crippen molar-refractivity contribution in [2.75, 3.05) is 5.73 Å². The van der Waals surface area contributed by atoms with Gasteiger partial charge < -0.3 is 5.73 Å². The van der Waals surface area contributed by atoms with Crippen molar-refractivity contribution in [1.29, 1.82) is 0 Å². The topological polar surface area (TPSA) is 43.8 Å². The van der Waals surface area contributed by atoms with Crippen LogP contribution in [-0.2, 0) is 6.54 Å². The van der Waals surface area contributed by atoms with Gasteiger partial charge in [-0.1, -0.05) is 13.0 Å². The van der Waals surface area contributed by atoms with Gasteiger partial charge in [0.05, 0.1) is 5.52 Å². The van der Waals surface area contributed by atoms with E-state index in [2.05, 4.69) is 12.0 Å². The second-order valence-electron chi connectivity index (χ2n) is 3.17. The van der Waals surface area contributed by atoms with Gasteiger partial charge in [0.25, 0.3) is 0 Å². The fraction of sp³-hybridized carbons (Fsp3) is 0.300. The van der Waals surface area contributed by atoms with Gasteiger partial charge in [0.15, 0.2) is 0 Å². The number of fused-ring (bicyclic) bond motifs is 1. The molecule has 0 spiro atoms. The third-order valence-corrected chi connectivity index (χ3v) is 2.08. The van der Waals surface area contributed by atoms with E-state index in [0.29, 0.717) is 0 Å². The van der Waals surface area contributed by atoms with Gasteiger partial charge in [0.1, 0.15) is 0 Å². The number of benzene rings is 1. The lowest BCUT2D eigenvalue weighted by Gasteiger charge is -1.93. The van der Waals surface area contributed by atoms with Crippen molar-refractivity contribution in [1.82, 2.24) is 9.78 Å². The molecule has 3 heteroatoms. The van der Waals surface area contributed by atoms with Crippen LogP contribution >= 0.6 is 0 Å². The number of rotatable bonds is 2. The zero-order chi connectivity index (χ0) is 9.26. The first-order valence-electron chi connectivity index (χ1n) is 4.53. The predicted octanol–water partition coefficient (Wildman–Crippen LogP) is 2.03. The number of hydrogen-bond donors (Lipinski definition) is 1. The average Bonchev–Trinajstić information content (AvgIpc) is 2.49. The molecule has 68 valence electrons. The number of nitrogen functional groups attached to an aromatic ring is 1. The van der Waals surface area contributed by atoms with Crippen LogP contribution in [0.15, 0.2) is 24.4 Å². The van der Waals surface area contributed by atoms with Gasteiger partial charge in [-0.25, -0.2) is 0 Å². The third-order valence-electron chi connectivity index (χ3n) is 2.08. The van der Waals surface area contributed by atoms with Crippen molar-refractivity contribution in [3.05, 3.63) is 24.4 Å². The molecule has 0 aliphatic carbocycles. The first-order chi connectivity index (χ1) is 6.31. The largest absolute Gasteiger partial charge is 0.398 e. The summed E-state index contributed by atoms with van der Waals surface area (Å²) < 4.78 is 1.95. The molecule has 13 heavy (non-hydrogen) atoms. The normalized spacial score (nSPS) is 10.8. The summed E-state index contributed by atoms with van der Waals surface area (Å²) in [6.45, 7) is 3.09. The van der Waals surface area contributed by atoms with Crippen LogP contribution in [0.4, 0.5) is 5.69 Å². The molecule has 0 fully saturated rings. The number of nitrogens with two attached hydrogens (primary N) is 1. The molecular formula is C10H13N3. The van der Waals surface area contributed by atoms with E-state index in [1.165, 1.54) is 0 Å². The Bertz CT molecular complexity index is 417. The predicted molar refractivity (Wildman–Crippen MR) is 54.4 cm³/mol. The van der Waals surface area contributed by atoms with E-state index in [4.69, 9.17) is 5.73 Å². The van der Waals surface area contributed by atoms with E-state index in [1.54, 1.807) is 0 Å². The van der Waals surface area contributed by atoms with Gasteiger partial charge in [0.2, 0.25) is 0 Å². The first kappa shape index (κ1) is 8.10. The summed E-state index contributed by atoms with van der Waals surface area (Å²) in [7, 11) is 0. The van der Waals surface area contributed by atoms with Crippen molar-refractivity contribution in [2.24, 2.45) is 0 Å². The van der Waals surface area contributed by atoms with Crippen LogP contribution in [0.5, 0.6) is 0 Å². The van der Waals surface area contributed by atoms with Crippen molar-refractivity contribution in [3.63, 3.8) is 0 Å². The summed E-state index contributed by atoms with van der Waals surface area (Å²) in [5.41, 5.74) is 7.60. The van der Waals surface area contributed by atoms with E-state index in [9.17, 15) is 0 Å². The van der Waals surface area contributed by atoms with Gasteiger partial charge in [-0.3, -0.25) is 4.68 Å². The van der Waals surface area contributed by atoms with Crippen molar-refractivity contribution in [3.8, 4) is 0 Å². The highest BCUT2D eigenvalue weighted by Crippen LogP contribution is 2.18. The maximum Gasteiger partial charge on any atom is 0.0944 e. The zero-order valence-corrected chi connectivity index (χ0v) is 7.70. The lowest BCUT2D eigenvalue weighted by atomic mass is 10.2. The molecule has 2 N–H and O–H groups in total. The minimum absolute atomic E-state index is 0.805. The number of aryl methyl sites for hydroxylation is 1. The molecule has 0 unspecified atom stereocenters. The zero-order valence-electron chi connectivity index (χ0n) is 7.70. The van der Waals surface area contributed by atoms with E-state index in [-0.39, 0.29) is 0 Å². The summed E-state index contributed by atoms with van der Waals surface area (Å²) in [4.78, 5) is 0. The van der Waals surface area contributed by atoms with E-state index < -0.39 is 0 Å². The Morgan fingerprint density at radius 2 is 2.31 bits per heavy atom. The molecule has 0 radical (unpaired) electrons. The molecule has 1 aromatic heterocycles. The summed E-state index contributed by atoms with van der Waals surface area (Å²) in [6, 6.07) is 5.82. The molecule has 0 atom stereocenters. The molecule has 0 aliphatic heterocycles. The van der Waals surface area contributed by atoms with Crippen molar-refractivity contribution < 1.29 is 0 Å². The second-order valence-corrected chi connectivity index (χ2v) is 3.17. The van der Waals surface area contributed by atoms with E-state index in [1.807, 2.05) is 29.1 Å². The van der Waals surface area contributed by atoms with Crippen LogP contribution in [0.2, 0.25) is 0 Å². The third kappa shape index (κ3) is 1.37. The van der Waals surface area contributed by atoms with Crippen LogP contribution in [0.25, 0.3) is 10.9 Å². The minimum Gasteiger partial charge on any atom is -0.398 e. The molecule has 2 aromatic rings. The number of aromatic nitrogens is 2. The number of hydrogen-bond acceptors (Lipinski definition) is 2. The quantitative estimate of drug-likeness (QED) is 0.710. The van der Waals surface area contributed by atoms with E-state index >= 15 is 0 Å². The second kappa shape index (κ2) is 3.09. The Morgan fingerprint density at radius 3 is 3.00 bits per heavy atom. The Kier molecular flexibility index (Phi) is 1.93. The highest BCUT2D eigenvalue weighted by molar-refractivity contribution is 5.89. The maximum absolute atomic E-state index is 5.81. The van der Waals surface area contributed by atoms with E-state index in [0.717, 1.165) is 29.6 Å². The molecular weight excluding hydrogens is 162 g/mol. The summed E-state index contributed by atoms with van der Waals surface area (Å²) in [5, 5.41) is 5.45. The van der Waals surface area contributed by atoms with Gasteiger partial charge >= 0.3 is 0 Å². The van der Waals surface area contributed by atoms with Gasteiger partial charge in [-0.2, -0.15) is 5.10 Å². The van der Waals surface area contributed by atoms with Gasteiger partial charge in [-0.05, 0) is 18.6 Å². The lowest BCUT2D eigenvalue weighted by molar-refractivity contribution is 0.609. The smallest absolute Gasteiger partial charge is 0.0944 e. The average molecular weight is 175 g/mol. The summed E-state index contributed by atoms with van der Waals surface area (Å²) in [6.07, 6.45) is 3.10. The Labute approximate surface area is 77.2 Å². The molecule has 0 aliphatic rings. The fourth-order valence-corrected chi connectivity index (χ4v) is 1.46. The van der Waals surface area contributed by atoms with Crippen molar-refractivity contribution in [2.45, 2.75) is 19.9 Å². The molecule has 3 nitrogen and oxygen atoms in total. The number of anilines is 1. The standard InChI is InChI=1S/C10H13N3/c1-2-6-13-7-8-9(11)4-3-5-10(8)12-13/h3-5,7H,2,6,11H2,1H3. The molecule has 0 saturated carbocycles. The monoisotopic (exact) mass is 175 g/mol. The van der Waals surface area contributed by atoms with Crippen molar-refractivity contribution >= 4 is 16.6 Å². The summed E-state index contributed by atoms with van der Waals surface area (Å²) in [5.74, 6) is 0. The molecule has 1 heterocycles. The van der Waals surface area contributed by atoms with Crippen LogP contribution in [-0.4, -0.2) is 9.78 Å².